The first-order valence-electron chi connectivity index (χ1n) is 5.64. The molecule has 0 spiro atoms. The summed E-state index contributed by atoms with van der Waals surface area (Å²) in [5, 5.41) is 4.04. The lowest BCUT2D eigenvalue weighted by Gasteiger charge is -2.10. The van der Waals surface area contributed by atoms with Crippen molar-refractivity contribution in [2.24, 2.45) is 0 Å². The predicted molar refractivity (Wildman–Crippen MR) is 77.9 cm³/mol. The minimum atomic E-state index is -0.561. The predicted octanol–water partition coefficient (Wildman–Crippen LogP) is 3.62. The lowest BCUT2D eigenvalue weighted by Crippen LogP contribution is -2.06. The number of anilines is 2. The molecule has 0 aliphatic rings. The van der Waals surface area contributed by atoms with Gasteiger partial charge in [-0.15, -0.1) is 0 Å². The van der Waals surface area contributed by atoms with Crippen molar-refractivity contribution in [1.29, 1.82) is 0 Å². The Morgan fingerprint density at radius 1 is 1.25 bits per heavy atom. The SMILES string of the molecule is COC(=O)c1cncc(Nc2cc(Cl)c(C)cc2Cl)n1. The number of hydrogen-bond acceptors (Lipinski definition) is 5. The van der Waals surface area contributed by atoms with Gasteiger partial charge in [-0.2, -0.15) is 0 Å². The summed E-state index contributed by atoms with van der Waals surface area (Å²) in [6.07, 6.45) is 2.79. The Bertz CT molecular complexity index is 662. The maximum atomic E-state index is 11.4. The Balaban J connectivity index is 2.31. The Labute approximate surface area is 125 Å². The van der Waals surface area contributed by atoms with Gasteiger partial charge in [-0.3, -0.25) is 4.98 Å². The van der Waals surface area contributed by atoms with Crippen LogP contribution in [0, 0.1) is 6.92 Å². The molecule has 1 heterocycles. The normalized spacial score (nSPS) is 10.2. The third-order valence-corrected chi connectivity index (χ3v) is 3.26. The van der Waals surface area contributed by atoms with Gasteiger partial charge in [-0.25, -0.2) is 9.78 Å². The van der Waals surface area contributed by atoms with Crippen LogP contribution in [0.1, 0.15) is 16.1 Å². The molecule has 0 aliphatic carbocycles. The zero-order valence-corrected chi connectivity index (χ0v) is 12.3. The summed E-state index contributed by atoms with van der Waals surface area (Å²) < 4.78 is 4.58. The quantitative estimate of drug-likeness (QED) is 0.877. The zero-order chi connectivity index (χ0) is 14.7. The van der Waals surface area contributed by atoms with Crippen molar-refractivity contribution >= 4 is 40.7 Å². The van der Waals surface area contributed by atoms with Crippen LogP contribution >= 0.6 is 23.2 Å². The van der Waals surface area contributed by atoms with Crippen molar-refractivity contribution in [3.05, 3.63) is 45.8 Å². The molecule has 0 amide bonds. The number of halogens is 2. The fraction of sp³-hybridized carbons (Fsp3) is 0.154. The number of aryl methyl sites for hydroxylation is 1. The molecular formula is C13H11Cl2N3O2. The fourth-order valence-electron chi connectivity index (χ4n) is 1.51. The molecule has 7 heteroatoms. The van der Waals surface area contributed by atoms with Crippen molar-refractivity contribution in [1.82, 2.24) is 9.97 Å². The van der Waals surface area contributed by atoms with Crippen molar-refractivity contribution < 1.29 is 9.53 Å². The summed E-state index contributed by atoms with van der Waals surface area (Å²) in [5.74, 6) is -0.191. The second-order valence-electron chi connectivity index (χ2n) is 3.99. The van der Waals surface area contributed by atoms with E-state index in [1.165, 1.54) is 19.5 Å². The van der Waals surface area contributed by atoms with Gasteiger partial charge in [0.1, 0.15) is 5.82 Å². The molecule has 104 valence electrons. The number of benzene rings is 1. The molecule has 1 aromatic carbocycles. The molecule has 1 aromatic heterocycles. The molecule has 0 fully saturated rings. The van der Waals surface area contributed by atoms with Crippen LogP contribution in [0.2, 0.25) is 10.0 Å². The number of hydrogen-bond donors (Lipinski definition) is 1. The summed E-state index contributed by atoms with van der Waals surface area (Å²) in [6, 6.07) is 3.43. The number of nitrogens with one attached hydrogen (secondary N) is 1. The largest absolute Gasteiger partial charge is 0.464 e. The van der Waals surface area contributed by atoms with Crippen LogP contribution in [-0.4, -0.2) is 23.0 Å². The second-order valence-corrected chi connectivity index (χ2v) is 4.80. The van der Waals surface area contributed by atoms with Crippen LogP contribution < -0.4 is 5.32 Å². The standard InChI is InChI=1S/C13H11Cl2N3O2/c1-7-3-9(15)10(4-8(7)14)17-12-6-16-5-11(18-12)13(19)20-2/h3-6H,1-2H3,(H,17,18). The van der Waals surface area contributed by atoms with E-state index in [0.717, 1.165) is 5.56 Å². The fourth-order valence-corrected chi connectivity index (χ4v) is 1.94. The molecular weight excluding hydrogens is 301 g/mol. The maximum Gasteiger partial charge on any atom is 0.358 e. The lowest BCUT2D eigenvalue weighted by molar-refractivity contribution is 0.0593. The highest BCUT2D eigenvalue weighted by Gasteiger charge is 2.10. The molecule has 1 N–H and O–H groups in total. The van der Waals surface area contributed by atoms with Crippen LogP contribution in [-0.2, 0) is 4.74 Å². The highest BCUT2D eigenvalue weighted by molar-refractivity contribution is 6.35. The summed E-state index contributed by atoms with van der Waals surface area (Å²) in [6.45, 7) is 1.86. The van der Waals surface area contributed by atoms with E-state index in [0.29, 0.717) is 21.6 Å². The molecule has 0 saturated carbocycles. The van der Waals surface area contributed by atoms with Gasteiger partial charge in [0.25, 0.3) is 0 Å². The number of nitrogens with zero attached hydrogens (tertiary/aromatic N) is 2. The van der Waals surface area contributed by atoms with Crippen LogP contribution in [0.15, 0.2) is 24.5 Å². The van der Waals surface area contributed by atoms with Gasteiger partial charge in [-0.05, 0) is 24.6 Å². The van der Waals surface area contributed by atoms with Gasteiger partial charge in [0.15, 0.2) is 5.69 Å². The zero-order valence-electron chi connectivity index (χ0n) is 10.8. The smallest absolute Gasteiger partial charge is 0.358 e. The van der Waals surface area contributed by atoms with E-state index >= 15 is 0 Å². The maximum absolute atomic E-state index is 11.4. The van der Waals surface area contributed by atoms with E-state index in [2.05, 4.69) is 20.0 Å². The van der Waals surface area contributed by atoms with Crippen LogP contribution in [0.25, 0.3) is 0 Å². The average Bonchev–Trinajstić information content (AvgIpc) is 2.44. The molecule has 0 bridgehead atoms. The van der Waals surface area contributed by atoms with Crippen LogP contribution in [0.4, 0.5) is 11.5 Å². The summed E-state index contributed by atoms with van der Waals surface area (Å²) >= 11 is 12.2. The number of ether oxygens (including phenoxy) is 1. The number of methoxy groups -OCH3 is 1. The molecule has 0 radical (unpaired) electrons. The van der Waals surface area contributed by atoms with E-state index in [9.17, 15) is 4.79 Å². The lowest BCUT2D eigenvalue weighted by atomic mass is 10.2. The van der Waals surface area contributed by atoms with Crippen molar-refractivity contribution in [3.8, 4) is 0 Å². The van der Waals surface area contributed by atoms with Gasteiger partial charge in [-0.1, -0.05) is 23.2 Å². The average molecular weight is 312 g/mol. The van der Waals surface area contributed by atoms with E-state index in [-0.39, 0.29) is 5.69 Å². The summed E-state index contributed by atoms with van der Waals surface area (Å²) in [7, 11) is 1.28. The van der Waals surface area contributed by atoms with Gasteiger partial charge in [0, 0.05) is 5.02 Å². The monoisotopic (exact) mass is 311 g/mol. The minimum Gasteiger partial charge on any atom is -0.464 e. The van der Waals surface area contributed by atoms with Crippen molar-refractivity contribution in [2.45, 2.75) is 6.92 Å². The van der Waals surface area contributed by atoms with Gasteiger partial charge in [0.2, 0.25) is 0 Å². The minimum absolute atomic E-state index is 0.104. The number of carbonyl (C=O) groups excluding carboxylic acids is 1. The van der Waals surface area contributed by atoms with Crippen LogP contribution in [0.5, 0.6) is 0 Å². The van der Waals surface area contributed by atoms with E-state index in [1.54, 1.807) is 12.1 Å². The van der Waals surface area contributed by atoms with Crippen molar-refractivity contribution in [3.63, 3.8) is 0 Å². The molecule has 0 unspecified atom stereocenters. The number of carbonyl (C=O) groups is 1. The Kier molecular flexibility index (Phi) is 4.42. The Morgan fingerprint density at radius 3 is 2.70 bits per heavy atom. The molecule has 0 saturated heterocycles. The van der Waals surface area contributed by atoms with Gasteiger partial charge >= 0.3 is 5.97 Å². The molecule has 2 rings (SSSR count). The van der Waals surface area contributed by atoms with E-state index in [4.69, 9.17) is 23.2 Å². The number of rotatable bonds is 3. The van der Waals surface area contributed by atoms with Crippen molar-refractivity contribution in [2.75, 3.05) is 12.4 Å². The highest BCUT2D eigenvalue weighted by atomic mass is 35.5. The topological polar surface area (TPSA) is 64.1 Å². The van der Waals surface area contributed by atoms with Gasteiger partial charge in [0.05, 0.1) is 30.2 Å². The Morgan fingerprint density at radius 2 is 2.00 bits per heavy atom. The second kappa shape index (κ2) is 6.07. The summed E-state index contributed by atoms with van der Waals surface area (Å²) in [4.78, 5) is 19.4. The highest BCUT2D eigenvalue weighted by Crippen LogP contribution is 2.30. The van der Waals surface area contributed by atoms with E-state index < -0.39 is 5.97 Å². The third-order valence-electron chi connectivity index (χ3n) is 2.54. The molecule has 2 aromatic rings. The first-order valence-corrected chi connectivity index (χ1v) is 6.40. The summed E-state index contributed by atoms with van der Waals surface area (Å²) in [5.41, 5.74) is 1.56. The van der Waals surface area contributed by atoms with Crippen LogP contribution in [0.3, 0.4) is 0 Å². The first kappa shape index (κ1) is 14.6. The first-order chi connectivity index (χ1) is 9.51. The Hall–Kier alpha value is -1.85. The van der Waals surface area contributed by atoms with E-state index in [1.807, 2.05) is 6.92 Å². The number of aromatic nitrogens is 2. The van der Waals surface area contributed by atoms with Gasteiger partial charge < -0.3 is 10.1 Å². The number of esters is 1. The molecule has 5 nitrogen and oxygen atoms in total. The molecule has 0 aliphatic heterocycles. The molecule has 0 atom stereocenters. The molecule has 20 heavy (non-hydrogen) atoms. The third kappa shape index (κ3) is 3.18.